The Morgan fingerprint density at radius 1 is 1.12 bits per heavy atom. The summed E-state index contributed by atoms with van der Waals surface area (Å²) in [5.41, 5.74) is 4.28. The lowest BCUT2D eigenvalue weighted by Crippen LogP contribution is -2.24. The number of aryl methyl sites for hydroxylation is 3. The van der Waals surface area contributed by atoms with Gasteiger partial charge in [-0.15, -0.1) is 11.3 Å². The minimum atomic E-state index is -0.218. The van der Waals surface area contributed by atoms with E-state index < -0.39 is 0 Å². The lowest BCUT2D eigenvalue weighted by atomic mass is 10.1. The minimum Gasteiger partial charge on any atom is -0.472 e. The quantitative estimate of drug-likeness (QED) is 0.303. The molecule has 0 aliphatic heterocycles. The topological polar surface area (TPSA) is 69.9 Å². The van der Waals surface area contributed by atoms with Gasteiger partial charge in [-0.25, -0.2) is 9.97 Å². The third kappa shape index (κ3) is 4.91. The first-order valence-electron chi connectivity index (χ1n) is 10.6. The van der Waals surface area contributed by atoms with Gasteiger partial charge in [0, 0.05) is 28.1 Å². The Labute approximate surface area is 205 Å². The van der Waals surface area contributed by atoms with Crippen molar-refractivity contribution in [1.29, 1.82) is 0 Å². The SMILES string of the molecule is Cc1cc(COc2nc(C)n(-c3cc(-c4ccnc(C(C)C)n4)ccc3C)c(=O)c2Br)cs1. The number of ether oxygens (including phenoxy) is 1. The van der Waals surface area contributed by atoms with E-state index in [4.69, 9.17) is 9.72 Å². The summed E-state index contributed by atoms with van der Waals surface area (Å²) in [4.78, 5) is 28.2. The number of halogens is 1. The predicted octanol–water partition coefficient (Wildman–Crippen LogP) is 6.14. The lowest BCUT2D eigenvalue weighted by molar-refractivity contribution is 0.289. The summed E-state index contributed by atoms with van der Waals surface area (Å²) in [7, 11) is 0. The Bertz CT molecular complexity index is 1380. The Morgan fingerprint density at radius 2 is 1.91 bits per heavy atom. The molecule has 33 heavy (non-hydrogen) atoms. The monoisotopic (exact) mass is 524 g/mol. The maximum absolute atomic E-state index is 13.3. The predicted molar refractivity (Wildman–Crippen MR) is 136 cm³/mol. The molecule has 8 heteroatoms. The van der Waals surface area contributed by atoms with Crippen LogP contribution in [0.15, 0.2) is 51.2 Å². The van der Waals surface area contributed by atoms with Crippen LogP contribution in [0.1, 0.15) is 47.4 Å². The van der Waals surface area contributed by atoms with Gasteiger partial charge in [0.2, 0.25) is 5.88 Å². The lowest BCUT2D eigenvalue weighted by Gasteiger charge is -2.16. The summed E-state index contributed by atoms with van der Waals surface area (Å²) in [5.74, 6) is 1.86. The molecule has 0 atom stereocenters. The molecule has 0 unspecified atom stereocenters. The van der Waals surface area contributed by atoms with Gasteiger partial charge in [0.1, 0.15) is 22.7 Å². The van der Waals surface area contributed by atoms with Crippen LogP contribution in [0, 0.1) is 20.8 Å². The number of rotatable bonds is 6. The largest absolute Gasteiger partial charge is 0.472 e. The van der Waals surface area contributed by atoms with Crippen molar-refractivity contribution < 1.29 is 4.74 Å². The molecule has 0 amide bonds. The van der Waals surface area contributed by atoms with Crippen LogP contribution in [0.25, 0.3) is 16.9 Å². The van der Waals surface area contributed by atoms with Crippen LogP contribution in [-0.2, 0) is 6.61 Å². The van der Waals surface area contributed by atoms with E-state index in [1.807, 2.05) is 43.5 Å². The number of hydrogen-bond acceptors (Lipinski definition) is 6. The van der Waals surface area contributed by atoms with Gasteiger partial charge < -0.3 is 4.74 Å². The number of aromatic nitrogens is 4. The van der Waals surface area contributed by atoms with Crippen molar-refractivity contribution in [3.63, 3.8) is 0 Å². The van der Waals surface area contributed by atoms with Gasteiger partial charge in [-0.2, -0.15) is 4.98 Å². The van der Waals surface area contributed by atoms with Crippen LogP contribution in [0.2, 0.25) is 0 Å². The van der Waals surface area contributed by atoms with Crippen LogP contribution in [0.5, 0.6) is 5.88 Å². The molecule has 0 aliphatic rings. The van der Waals surface area contributed by atoms with E-state index in [1.165, 1.54) is 4.88 Å². The third-order valence-corrected chi connectivity index (χ3v) is 6.85. The second kappa shape index (κ2) is 9.57. The van der Waals surface area contributed by atoms with E-state index >= 15 is 0 Å². The zero-order valence-electron chi connectivity index (χ0n) is 19.2. The van der Waals surface area contributed by atoms with Gasteiger partial charge in [0.25, 0.3) is 5.56 Å². The molecule has 0 fully saturated rings. The fraction of sp³-hybridized carbons (Fsp3) is 0.280. The number of thiophene rings is 1. The van der Waals surface area contributed by atoms with Crippen LogP contribution < -0.4 is 10.3 Å². The van der Waals surface area contributed by atoms with Gasteiger partial charge in [0.05, 0.1) is 11.4 Å². The molecule has 0 radical (unpaired) electrons. The van der Waals surface area contributed by atoms with Crippen molar-refractivity contribution in [2.45, 2.75) is 47.1 Å². The van der Waals surface area contributed by atoms with E-state index in [0.29, 0.717) is 22.8 Å². The summed E-state index contributed by atoms with van der Waals surface area (Å²) in [6.07, 6.45) is 1.77. The van der Waals surface area contributed by atoms with Crippen LogP contribution >= 0.6 is 27.3 Å². The Balaban J connectivity index is 1.73. The smallest absolute Gasteiger partial charge is 0.276 e. The summed E-state index contributed by atoms with van der Waals surface area (Å²) < 4.78 is 7.77. The molecule has 170 valence electrons. The standard InChI is InChI=1S/C25H25BrN4O2S/c1-14(2)23-27-9-8-20(29-23)19-7-6-15(3)21(11-19)30-17(5)28-24(22(26)25(30)31)32-12-18-10-16(4)33-13-18/h6-11,13-14H,12H2,1-5H3. The van der Waals surface area contributed by atoms with Crippen LogP contribution in [0.4, 0.5) is 0 Å². The zero-order chi connectivity index (χ0) is 23.7. The third-order valence-electron chi connectivity index (χ3n) is 5.26. The van der Waals surface area contributed by atoms with Crippen molar-refractivity contribution in [3.05, 3.63) is 84.4 Å². The first kappa shape index (κ1) is 23.3. The molecular weight excluding hydrogens is 500 g/mol. The molecule has 0 saturated carbocycles. The second-order valence-corrected chi connectivity index (χ2v) is 10.1. The molecule has 1 aromatic carbocycles. The number of hydrogen-bond donors (Lipinski definition) is 0. The summed E-state index contributed by atoms with van der Waals surface area (Å²) in [5, 5.41) is 2.05. The van der Waals surface area contributed by atoms with Gasteiger partial charge in [-0.3, -0.25) is 9.36 Å². The first-order chi connectivity index (χ1) is 15.7. The van der Waals surface area contributed by atoms with E-state index in [-0.39, 0.29) is 11.5 Å². The molecule has 0 N–H and O–H groups in total. The molecule has 4 rings (SSSR count). The van der Waals surface area contributed by atoms with Crippen molar-refractivity contribution in [1.82, 2.24) is 19.5 Å². The van der Waals surface area contributed by atoms with E-state index in [1.54, 1.807) is 22.1 Å². The van der Waals surface area contributed by atoms with Crippen molar-refractivity contribution >= 4 is 27.3 Å². The Hall–Kier alpha value is -2.84. The summed E-state index contributed by atoms with van der Waals surface area (Å²) in [6.45, 7) is 10.3. The Kier molecular flexibility index (Phi) is 6.76. The molecule has 0 bridgehead atoms. The van der Waals surface area contributed by atoms with E-state index in [2.05, 4.69) is 52.7 Å². The van der Waals surface area contributed by atoms with Gasteiger partial charge in [-0.1, -0.05) is 26.0 Å². The fourth-order valence-electron chi connectivity index (χ4n) is 3.51. The first-order valence-corrected chi connectivity index (χ1v) is 12.3. The highest BCUT2D eigenvalue weighted by molar-refractivity contribution is 9.10. The van der Waals surface area contributed by atoms with Gasteiger partial charge in [0.15, 0.2) is 0 Å². The molecule has 4 aromatic rings. The number of benzene rings is 1. The molecule has 0 saturated heterocycles. The van der Waals surface area contributed by atoms with Crippen molar-refractivity contribution in [3.8, 4) is 22.8 Å². The van der Waals surface area contributed by atoms with Gasteiger partial charge in [-0.05, 0) is 65.8 Å². The Morgan fingerprint density at radius 3 is 2.61 bits per heavy atom. The highest BCUT2D eigenvalue weighted by atomic mass is 79.9. The average molecular weight is 525 g/mol. The summed E-state index contributed by atoms with van der Waals surface area (Å²) in [6, 6.07) is 9.92. The minimum absolute atomic E-state index is 0.218. The molecular formula is C25H25BrN4O2S. The molecule has 0 aliphatic carbocycles. The second-order valence-electron chi connectivity index (χ2n) is 8.23. The highest BCUT2D eigenvalue weighted by Gasteiger charge is 2.17. The molecule has 6 nitrogen and oxygen atoms in total. The molecule has 3 heterocycles. The van der Waals surface area contributed by atoms with E-state index in [9.17, 15) is 4.79 Å². The maximum Gasteiger partial charge on any atom is 0.276 e. The average Bonchev–Trinajstić information content (AvgIpc) is 3.21. The van der Waals surface area contributed by atoms with Crippen molar-refractivity contribution in [2.75, 3.05) is 0 Å². The zero-order valence-corrected chi connectivity index (χ0v) is 21.6. The van der Waals surface area contributed by atoms with Gasteiger partial charge >= 0.3 is 0 Å². The normalized spacial score (nSPS) is 11.2. The van der Waals surface area contributed by atoms with Crippen LogP contribution in [-0.4, -0.2) is 19.5 Å². The van der Waals surface area contributed by atoms with Crippen molar-refractivity contribution in [2.24, 2.45) is 0 Å². The maximum atomic E-state index is 13.3. The van der Waals surface area contributed by atoms with E-state index in [0.717, 1.165) is 33.9 Å². The molecule has 0 spiro atoms. The molecule has 3 aromatic heterocycles. The summed E-state index contributed by atoms with van der Waals surface area (Å²) >= 11 is 5.08. The highest BCUT2D eigenvalue weighted by Crippen LogP contribution is 2.27. The number of nitrogens with zero attached hydrogens (tertiary/aromatic N) is 4. The van der Waals surface area contributed by atoms with Crippen LogP contribution in [0.3, 0.4) is 0 Å². The fourth-order valence-corrected chi connectivity index (χ4v) is 4.58.